The fourth-order valence-corrected chi connectivity index (χ4v) is 4.48. The highest BCUT2D eigenvalue weighted by Gasteiger charge is 2.25. The monoisotopic (exact) mass is 446 g/mol. The van der Waals surface area contributed by atoms with Crippen molar-refractivity contribution in [3.8, 4) is 0 Å². The van der Waals surface area contributed by atoms with Crippen molar-refractivity contribution in [2.24, 2.45) is 0 Å². The quantitative estimate of drug-likeness (QED) is 0.615. The molecule has 0 saturated heterocycles. The van der Waals surface area contributed by atoms with Gasteiger partial charge in [-0.2, -0.15) is 4.31 Å². The first-order valence-electron chi connectivity index (χ1n) is 8.45. The number of carbonyl (C=O) groups excluding carboxylic acids is 1. The van der Waals surface area contributed by atoms with Crippen LogP contribution in [0.3, 0.4) is 0 Å². The molecule has 7 heteroatoms. The number of hydrogen-bond acceptors (Lipinski definition) is 3. The minimum Gasteiger partial charge on any atom is -0.324 e. The molecule has 0 spiro atoms. The molecule has 0 atom stereocenters. The SMILES string of the molecule is CCN(CC(=O)Nc1cccc2ccccc12)S(=O)(=O)c1ccc(Br)cc1. The maximum absolute atomic E-state index is 12.8. The molecule has 3 aromatic carbocycles. The third-order valence-corrected chi connectivity index (χ3v) is 6.65. The highest BCUT2D eigenvalue weighted by molar-refractivity contribution is 9.10. The van der Waals surface area contributed by atoms with Crippen LogP contribution in [0.2, 0.25) is 0 Å². The minimum atomic E-state index is -3.75. The minimum absolute atomic E-state index is 0.158. The van der Waals surface area contributed by atoms with Crippen LogP contribution < -0.4 is 5.32 Å². The van der Waals surface area contributed by atoms with E-state index < -0.39 is 10.0 Å². The van der Waals surface area contributed by atoms with E-state index in [-0.39, 0.29) is 23.9 Å². The van der Waals surface area contributed by atoms with Gasteiger partial charge in [0.05, 0.1) is 11.4 Å². The van der Waals surface area contributed by atoms with Crippen molar-refractivity contribution in [1.82, 2.24) is 4.31 Å². The predicted octanol–water partition coefficient (Wildman–Crippen LogP) is 4.25. The standard InChI is InChI=1S/C20H19BrN2O3S/c1-2-23(27(25,26)17-12-10-16(21)11-13-17)14-20(24)22-19-9-5-7-15-6-3-4-8-18(15)19/h3-13H,2,14H2,1H3,(H,22,24). The van der Waals surface area contributed by atoms with Gasteiger partial charge in [0.1, 0.15) is 0 Å². The Labute approximate surface area is 167 Å². The molecular weight excluding hydrogens is 428 g/mol. The van der Waals surface area contributed by atoms with Crippen molar-refractivity contribution in [2.45, 2.75) is 11.8 Å². The molecule has 1 amide bonds. The number of fused-ring (bicyclic) bond motifs is 1. The van der Waals surface area contributed by atoms with Gasteiger partial charge < -0.3 is 5.32 Å². The zero-order valence-corrected chi connectivity index (χ0v) is 17.1. The molecule has 0 fully saturated rings. The Morgan fingerprint density at radius 1 is 1.00 bits per heavy atom. The van der Waals surface area contributed by atoms with Crippen LogP contribution in [0.5, 0.6) is 0 Å². The lowest BCUT2D eigenvalue weighted by molar-refractivity contribution is -0.116. The second-order valence-electron chi connectivity index (χ2n) is 5.96. The Morgan fingerprint density at radius 2 is 1.67 bits per heavy atom. The van der Waals surface area contributed by atoms with Gasteiger partial charge in [0, 0.05) is 22.1 Å². The Bertz CT molecular complexity index is 1060. The predicted molar refractivity (Wildman–Crippen MR) is 111 cm³/mol. The van der Waals surface area contributed by atoms with Crippen LogP contribution in [-0.2, 0) is 14.8 Å². The van der Waals surface area contributed by atoms with Crippen LogP contribution in [0.15, 0.2) is 76.1 Å². The molecule has 3 rings (SSSR count). The molecule has 1 N–H and O–H groups in total. The molecule has 0 aromatic heterocycles. The van der Waals surface area contributed by atoms with Gasteiger partial charge in [-0.05, 0) is 35.7 Å². The van der Waals surface area contributed by atoms with Crippen LogP contribution in [0.4, 0.5) is 5.69 Å². The van der Waals surface area contributed by atoms with E-state index in [2.05, 4.69) is 21.2 Å². The highest BCUT2D eigenvalue weighted by atomic mass is 79.9. The van der Waals surface area contributed by atoms with Crippen molar-refractivity contribution in [3.05, 3.63) is 71.2 Å². The number of sulfonamides is 1. The molecule has 0 aliphatic rings. The normalized spacial score (nSPS) is 11.7. The van der Waals surface area contributed by atoms with E-state index in [1.807, 2.05) is 36.4 Å². The van der Waals surface area contributed by atoms with Gasteiger partial charge >= 0.3 is 0 Å². The number of halogens is 1. The van der Waals surface area contributed by atoms with Crippen LogP contribution >= 0.6 is 15.9 Å². The lowest BCUT2D eigenvalue weighted by Gasteiger charge is -2.20. The van der Waals surface area contributed by atoms with E-state index in [0.29, 0.717) is 5.69 Å². The molecule has 0 aliphatic heterocycles. The zero-order valence-electron chi connectivity index (χ0n) is 14.7. The van der Waals surface area contributed by atoms with Gasteiger partial charge in [0.15, 0.2) is 0 Å². The first-order valence-corrected chi connectivity index (χ1v) is 10.7. The molecule has 0 unspecified atom stereocenters. The summed E-state index contributed by atoms with van der Waals surface area (Å²) in [7, 11) is -3.75. The summed E-state index contributed by atoms with van der Waals surface area (Å²) in [6, 6.07) is 19.7. The molecule has 0 heterocycles. The summed E-state index contributed by atoms with van der Waals surface area (Å²) >= 11 is 3.29. The molecule has 0 radical (unpaired) electrons. The summed E-state index contributed by atoms with van der Waals surface area (Å²) in [5, 5.41) is 4.74. The Kier molecular flexibility index (Phi) is 5.94. The van der Waals surface area contributed by atoms with Gasteiger partial charge in [-0.1, -0.05) is 59.3 Å². The Morgan fingerprint density at radius 3 is 2.37 bits per heavy atom. The Balaban J connectivity index is 1.80. The topological polar surface area (TPSA) is 66.5 Å². The van der Waals surface area contributed by atoms with Crippen molar-refractivity contribution < 1.29 is 13.2 Å². The van der Waals surface area contributed by atoms with Gasteiger partial charge in [-0.3, -0.25) is 4.79 Å². The maximum atomic E-state index is 12.8. The van der Waals surface area contributed by atoms with E-state index >= 15 is 0 Å². The third-order valence-electron chi connectivity index (χ3n) is 4.19. The van der Waals surface area contributed by atoms with Crippen LogP contribution in [-0.4, -0.2) is 31.7 Å². The fourth-order valence-electron chi connectivity index (χ4n) is 2.81. The molecule has 3 aromatic rings. The summed E-state index contributed by atoms with van der Waals surface area (Å²) in [5.74, 6) is -0.381. The largest absolute Gasteiger partial charge is 0.324 e. The lowest BCUT2D eigenvalue weighted by atomic mass is 10.1. The van der Waals surface area contributed by atoms with E-state index in [1.165, 1.54) is 12.1 Å². The van der Waals surface area contributed by atoms with Gasteiger partial charge in [-0.25, -0.2) is 8.42 Å². The number of rotatable bonds is 6. The van der Waals surface area contributed by atoms with Crippen molar-refractivity contribution in [1.29, 1.82) is 0 Å². The van der Waals surface area contributed by atoms with E-state index in [4.69, 9.17) is 0 Å². The molecule has 0 saturated carbocycles. The number of likely N-dealkylation sites (N-methyl/N-ethyl adjacent to an activating group) is 1. The highest BCUT2D eigenvalue weighted by Crippen LogP contribution is 2.23. The van der Waals surface area contributed by atoms with Gasteiger partial charge in [-0.15, -0.1) is 0 Å². The summed E-state index contributed by atoms with van der Waals surface area (Å²) in [4.78, 5) is 12.7. The fraction of sp³-hybridized carbons (Fsp3) is 0.150. The number of nitrogens with one attached hydrogen (secondary N) is 1. The van der Waals surface area contributed by atoms with Crippen molar-refractivity contribution in [2.75, 3.05) is 18.4 Å². The van der Waals surface area contributed by atoms with Gasteiger partial charge in [0.2, 0.25) is 15.9 Å². The average molecular weight is 447 g/mol. The molecule has 0 bridgehead atoms. The second-order valence-corrected chi connectivity index (χ2v) is 8.81. The van der Waals surface area contributed by atoms with E-state index in [1.54, 1.807) is 25.1 Å². The summed E-state index contributed by atoms with van der Waals surface area (Å²) < 4.78 is 27.6. The van der Waals surface area contributed by atoms with Crippen molar-refractivity contribution >= 4 is 48.3 Å². The zero-order chi connectivity index (χ0) is 19.4. The molecule has 140 valence electrons. The molecular formula is C20H19BrN2O3S. The number of hydrogen-bond donors (Lipinski definition) is 1. The molecule has 5 nitrogen and oxygen atoms in total. The van der Waals surface area contributed by atoms with Crippen molar-refractivity contribution in [3.63, 3.8) is 0 Å². The lowest BCUT2D eigenvalue weighted by Crippen LogP contribution is -2.37. The first-order chi connectivity index (χ1) is 12.9. The number of nitrogens with zero attached hydrogens (tertiary/aromatic N) is 1. The number of anilines is 1. The van der Waals surface area contributed by atoms with Crippen LogP contribution in [0, 0.1) is 0 Å². The third kappa shape index (κ3) is 4.37. The van der Waals surface area contributed by atoms with Crippen LogP contribution in [0.25, 0.3) is 10.8 Å². The van der Waals surface area contributed by atoms with E-state index in [9.17, 15) is 13.2 Å². The smallest absolute Gasteiger partial charge is 0.243 e. The molecule has 0 aliphatic carbocycles. The average Bonchev–Trinajstić information content (AvgIpc) is 2.66. The first kappa shape index (κ1) is 19.5. The summed E-state index contributed by atoms with van der Waals surface area (Å²) in [5.41, 5.74) is 0.662. The number of carbonyl (C=O) groups is 1. The maximum Gasteiger partial charge on any atom is 0.243 e. The van der Waals surface area contributed by atoms with Gasteiger partial charge in [0.25, 0.3) is 0 Å². The Hall–Kier alpha value is -2.22. The second kappa shape index (κ2) is 8.21. The van der Waals surface area contributed by atoms with Crippen LogP contribution in [0.1, 0.15) is 6.92 Å². The summed E-state index contributed by atoms with van der Waals surface area (Å²) in [6.45, 7) is 1.65. The summed E-state index contributed by atoms with van der Waals surface area (Å²) in [6.07, 6.45) is 0. The number of amides is 1. The molecule has 27 heavy (non-hydrogen) atoms. The number of benzene rings is 3. The van der Waals surface area contributed by atoms with E-state index in [0.717, 1.165) is 19.6 Å².